The minimum absolute atomic E-state index is 0.575. The Morgan fingerprint density at radius 3 is 2.72 bits per heavy atom. The number of aliphatic carboxylic acids is 1. The van der Waals surface area contributed by atoms with E-state index < -0.39 is 12.0 Å². The Morgan fingerprint density at radius 2 is 2.04 bits per heavy atom. The van der Waals surface area contributed by atoms with Crippen molar-refractivity contribution >= 4 is 33.3 Å². The molecule has 0 fully saturated rings. The summed E-state index contributed by atoms with van der Waals surface area (Å²) in [6.45, 7) is 3.88. The Hall–Kier alpha value is -2.47. The van der Waals surface area contributed by atoms with Crippen LogP contribution in [0.5, 0.6) is 0 Å². The van der Waals surface area contributed by atoms with E-state index in [0.29, 0.717) is 18.1 Å². The summed E-state index contributed by atoms with van der Waals surface area (Å²) in [6, 6.07) is 11.5. The van der Waals surface area contributed by atoms with Gasteiger partial charge in [0, 0.05) is 4.88 Å². The number of carboxylic acid groups (broad SMARTS) is 1. The molecule has 1 unspecified atom stereocenters. The van der Waals surface area contributed by atoms with E-state index in [1.165, 1.54) is 0 Å². The summed E-state index contributed by atoms with van der Waals surface area (Å²) in [4.78, 5) is 22.5. The van der Waals surface area contributed by atoms with Crippen LogP contribution in [0.4, 0.5) is 5.82 Å². The number of fused-ring (bicyclic) bond motifs is 1. The third-order valence-electron chi connectivity index (χ3n) is 4.02. The van der Waals surface area contributed by atoms with Gasteiger partial charge in [0.25, 0.3) is 0 Å². The zero-order valence-corrected chi connectivity index (χ0v) is 15.1. The minimum Gasteiger partial charge on any atom is -0.480 e. The molecule has 5 nitrogen and oxygen atoms in total. The predicted octanol–water partition coefficient (Wildman–Crippen LogP) is 4.72. The third-order valence-corrected chi connectivity index (χ3v) is 5.10. The maximum absolute atomic E-state index is 11.6. The van der Waals surface area contributed by atoms with E-state index in [1.54, 1.807) is 11.3 Å². The third kappa shape index (κ3) is 3.96. The Morgan fingerprint density at radius 1 is 1.28 bits per heavy atom. The Balaban J connectivity index is 1.99. The molecule has 0 saturated carbocycles. The van der Waals surface area contributed by atoms with Gasteiger partial charge in [-0.15, -0.1) is 11.3 Å². The summed E-state index contributed by atoms with van der Waals surface area (Å²) in [7, 11) is 0. The fourth-order valence-electron chi connectivity index (χ4n) is 2.71. The van der Waals surface area contributed by atoms with Gasteiger partial charge in [0.1, 0.15) is 22.5 Å². The number of nitrogens with one attached hydrogen (secondary N) is 1. The second-order valence-corrected chi connectivity index (χ2v) is 7.02. The molecular weight excluding hydrogens is 334 g/mol. The number of unbranched alkanes of at least 4 members (excludes halogenated alkanes) is 1. The number of carboxylic acids is 1. The van der Waals surface area contributed by atoms with Crippen LogP contribution in [0.2, 0.25) is 0 Å². The predicted molar refractivity (Wildman–Crippen MR) is 102 cm³/mol. The number of nitrogens with zero attached hydrogens (tertiary/aromatic N) is 2. The van der Waals surface area contributed by atoms with Gasteiger partial charge in [-0.1, -0.05) is 50.1 Å². The van der Waals surface area contributed by atoms with Crippen LogP contribution in [0, 0.1) is 6.92 Å². The lowest BCUT2D eigenvalue weighted by atomic mass is 10.1. The normalized spacial score (nSPS) is 12.2. The first-order valence-electron chi connectivity index (χ1n) is 8.41. The number of hydrogen-bond donors (Lipinski definition) is 2. The lowest BCUT2D eigenvalue weighted by Gasteiger charge is -2.15. The second-order valence-electron chi connectivity index (χ2n) is 5.99. The van der Waals surface area contributed by atoms with Crippen LogP contribution in [0.1, 0.15) is 32.0 Å². The molecule has 0 saturated heterocycles. The van der Waals surface area contributed by atoms with Crippen molar-refractivity contribution in [1.29, 1.82) is 0 Å². The Kier molecular flexibility index (Phi) is 5.28. The molecule has 0 spiro atoms. The summed E-state index contributed by atoms with van der Waals surface area (Å²) in [6.07, 6.45) is 2.39. The Bertz CT molecular complexity index is 877. The SMILES string of the molecule is CCCCC(Nc1nc(C)nc2sc(-c3ccccc3)cc12)C(=O)O. The molecule has 130 valence electrons. The summed E-state index contributed by atoms with van der Waals surface area (Å²) >= 11 is 1.59. The van der Waals surface area contributed by atoms with E-state index in [9.17, 15) is 9.90 Å². The molecule has 0 bridgehead atoms. The molecule has 0 aliphatic heterocycles. The van der Waals surface area contributed by atoms with Gasteiger partial charge in [-0.05, 0) is 25.0 Å². The first-order chi connectivity index (χ1) is 12.1. The fourth-order valence-corrected chi connectivity index (χ4v) is 3.80. The number of thiophene rings is 1. The van der Waals surface area contributed by atoms with Crippen molar-refractivity contribution in [2.24, 2.45) is 0 Å². The van der Waals surface area contributed by atoms with Gasteiger partial charge < -0.3 is 10.4 Å². The van der Waals surface area contributed by atoms with Gasteiger partial charge in [0.15, 0.2) is 0 Å². The molecule has 0 aliphatic rings. The lowest BCUT2D eigenvalue weighted by Crippen LogP contribution is -2.29. The number of anilines is 1. The number of aromatic nitrogens is 2. The van der Waals surface area contributed by atoms with Gasteiger partial charge >= 0.3 is 5.97 Å². The molecule has 1 atom stereocenters. The van der Waals surface area contributed by atoms with Gasteiger partial charge in [-0.2, -0.15) is 0 Å². The van der Waals surface area contributed by atoms with E-state index in [0.717, 1.165) is 33.5 Å². The van der Waals surface area contributed by atoms with E-state index in [-0.39, 0.29) is 0 Å². The van der Waals surface area contributed by atoms with E-state index in [4.69, 9.17) is 0 Å². The summed E-state index contributed by atoms with van der Waals surface area (Å²) in [5, 5.41) is 13.5. The van der Waals surface area contributed by atoms with Gasteiger partial charge in [-0.3, -0.25) is 0 Å². The molecule has 0 radical (unpaired) electrons. The summed E-state index contributed by atoms with van der Waals surface area (Å²) in [5.74, 6) is 0.386. The smallest absolute Gasteiger partial charge is 0.326 e. The van der Waals surface area contributed by atoms with Gasteiger partial charge in [0.05, 0.1) is 5.39 Å². The van der Waals surface area contributed by atoms with E-state index in [2.05, 4.69) is 34.3 Å². The van der Waals surface area contributed by atoms with E-state index in [1.807, 2.05) is 31.2 Å². The number of carbonyl (C=O) groups is 1. The van der Waals surface area contributed by atoms with Crippen LogP contribution in [-0.4, -0.2) is 27.1 Å². The lowest BCUT2D eigenvalue weighted by molar-refractivity contribution is -0.138. The number of hydrogen-bond acceptors (Lipinski definition) is 5. The average molecular weight is 355 g/mol. The highest BCUT2D eigenvalue weighted by Crippen LogP contribution is 2.35. The second kappa shape index (κ2) is 7.61. The van der Waals surface area contributed by atoms with Gasteiger partial charge in [0.2, 0.25) is 0 Å². The Labute approximate surface area is 150 Å². The standard InChI is InChI=1S/C19H21N3O2S/c1-3-4-10-15(19(23)24)22-17-14-11-16(13-8-6-5-7-9-13)25-18(14)21-12(2)20-17/h5-9,11,15H,3-4,10H2,1-2H3,(H,23,24)(H,20,21,22). The molecule has 2 heterocycles. The molecule has 0 aliphatic carbocycles. The zero-order valence-electron chi connectivity index (χ0n) is 14.3. The highest BCUT2D eigenvalue weighted by atomic mass is 32.1. The summed E-state index contributed by atoms with van der Waals surface area (Å²) in [5.41, 5.74) is 1.12. The molecule has 2 aromatic heterocycles. The first-order valence-corrected chi connectivity index (χ1v) is 9.23. The van der Waals surface area contributed by atoms with Crippen molar-refractivity contribution in [3.8, 4) is 10.4 Å². The van der Waals surface area contributed by atoms with Crippen molar-refractivity contribution < 1.29 is 9.90 Å². The molecule has 3 aromatic rings. The van der Waals surface area contributed by atoms with Crippen LogP contribution >= 0.6 is 11.3 Å². The molecule has 3 rings (SSSR count). The molecule has 6 heteroatoms. The van der Waals surface area contributed by atoms with Crippen molar-refractivity contribution in [2.75, 3.05) is 5.32 Å². The molecule has 2 N–H and O–H groups in total. The quantitative estimate of drug-likeness (QED) is 0.641. The molecule has 1 aromatic carbocycles. The van der Waals surface area contributed by atoms with Crippen LogP contribution in [0.3, 0.4) is 0 Å². The topological polar surface area (TPSA) is 75.1 Å². The molecule has 0 amide bonds. The number of aryl methyl sites for hydroxylation is 1. The molecule has 25 heavy (non-hydrogen) atoms. The number of rotatable bonds is 7. The summed E-state index contributed by atoms with van der Waals surface area (Å²) < 4.78 is 0. The van der Waals surface area contributed by atoms with Crippen molar-refractivity contribution in [1.82, 2.24) is 9.97 Å². The largest absolute Gasteiger partial charge is 0.480 e. The average Bonchev–Trinajstić information content (AvgIpc) is 3.03. The van der Waals surface area contributed by atoms with E-state index >= 15 is 0 Å². The monoisotopic (exact) mass is 355 g/mol. The van der Waals surface area contributed by atoms with Crippen molar-refractivity contribution in [3.05, 3.63) is 42.2 Å². The fraction of sp³-hybridized carbons (Fsp3) is 0.316. The van der Waals surface area contributed by atoms with Crippen LogP contribution in [-0.2, 0) is 4.79 Å². The maximum Gasteiger partial charge on any atom is 0.326 e. The van der Waals surface area contributed by atoms with Crippen LogP contribution in [0.15, 0.2) is 36.4 Å². The van der Waals surface area contributed by atoms with Gasteiger partial charge in [-0.25, -0.2) is 14.8 Å². The van der Waals surface area contributed by atoms with Crippen molar-refractivity contribution in [2.45, 2.75) is 39.2 Å². The number of benzene rings is 1. The molecular formula is C19H21N3O2S. The van der Waals surface area contributed by atoms with Crippen LogP contribution < -0.4 is 5.32 Å². The van der Waals surface area contributed by atoms with Crippen LogP contribution in [0.25, 0.3) is 20.7 Å². The zero-order chi connectivity index (χ0) is 17.8. The highest BCUT2D eigenvalue weighted by Gasteiger charge is 2.20. The maximum atomic E-state index is 11.6. The van der Waals surface area contributed by atoms with Crippen molar-refractivity contribution in [3.63, 3.8) is 0 Å². The highest BCUT2D eigenvalue weighted by molar-refractivity contribution is 7.21. The minimum atomic E-state index is -0.851. The first kappa shape index (κ1) is 17.4.